The highest BCUT2D eigenvalue weighted by atomic mass is 35.5. The number of hydrogen-bond acceptors (Lipinski definition) is 4. The zero-order chi connectivity index (χ0) is 15.4. The first-order valence-corrected chi connectivity index (χ1v) is 6.92. The van der Waals surface area contributed by atoms with Gasteiger partial charge >= 0.3 is 0 Å². The van der Waals surface area contributed by atoms with Crippen molar-refractivity contribution in [2.24, 2.45) is 10.3 Å². The Kier molecular flexibility index (Phi) is 4.14. The molecule has 7 heteroatoms. The summed E-state index contributed by atoms with van der Waals surface area (Å²) in [6, 6.07) is 14.0. The van der Waals surface area contributed by atoms with E-state index in [9.17, 15) is 0 Å². The molecule has 1 atom stereocenters. The van der Waals surface area contributed by atoms with Crippen molar-refractivity contribution < 1.29 is 9.57 Å². The monoisotopic (exact) mass is 314 g/mol. The summed E-state index contributed by atoms with van der Waals surface area (Å²) in [5.74, 6) is 1.33. The van der Waals surface area contributed by atoms with Crippen LogP contribution in [0.4, 0.5) is 0 Å². The molecule has 6 nitrogen and oxygen atoms in total. The van der Waals surface area contributed by atoms with Crippen molar-refractivity contribution >= 4 is 17.3 Å². The average molecular weight is 315 g/mol. The van der Waals surface area contributed by atoms with Crippen molar-refractivity contribution in [2.75, 3.05) is 6.61 Å². The van der Waals surface area contributed by atoms with E-state index < -0.39 is 6.04 Å². The first kappa shape index (κ1) is 14.3. The second-order valence-electron chi connectivity index (χ2n) is 4.58. The predicted molar refractivity (Wildman–Crippen MR) is 83.4 cm³/mol. The molecule has 0 radical (unpaired) electrons. The molecular weight excluding hydrogens is 304 g/mol. The Morgan fingerprint density at radius 3 is 2.82 bits per heavy atom. The Morgan fingerprint density at radius 2 is 2.05 bits per heavy atom. The lowest BCUT2D eigenvalue weighted by Crippen LogP contribution is -2.17. The molecule has 0 bridgehead atoms. The zero-order valence-electron chi connectivity index (χ0n) is 11.4. The van der Waals surface area contributed by atoms with Crippen molar-refractivity contribution in [3.8, 4) is 11.5 Å². The maximum Gasteiger partial charge on any atom is 0.131 e. The fraction of sp³-hybridized carbons (Fsp3) is 0.133. The highest BCUT2D eigenvalue weighted by molar-refractivity contribution is 6.30. The normalized spacial score (nSPS) is 16.4. The molecule has 0 aromatic heterocycles. The average Bonchev–Trinajstić information content (AvgIpc) is 2.99. The molecule has 1 unspecified atom stereocenters. The van der Waals surface area contributed by atoms with Crippen LogP contribution in [-0.2, 0) is 4.84 Å². The number of rotatable bonds is 4. The van der Waals surface area contributed by atoms with Gasteiger partial charge in [0.05, 0.1) is 5.71 Å². The molecule has 22 heavy (non-hydrogen) atoms. The lowest BCUT2D eigenvalue weighted by molar-refractivity contribution is 0.167. The molecule has 1 aliphatic heterocycles. The Hall–Kier alpha value is -2.69. The summed E-state index contributed by atoms with van der Waals surface area (Å²) < 4.78 is 5.77. The molecule has 1 aliphatic rings. The summed E-state index contributed by atoms with van der Waals surface area (Å²) in [7, 11) is 0. The number of nitrogens with zero attached hydrogens (tertiary/aromatic N) is 4. The van der Waals surface area contributed by atoms with E-state index in [1.807, 2.05) is 24.3 Å². The van der Waals surface area contributed by atoms with Crippen LogP contribution in [0.5, 0.6) is 11.5 Å². The second-order valence-corrected chi connectivity index (χ2v) is 5.01. The smallest absolute Gasteiger partial charge is 0.131 e. The Bertz CT molecular complexity index is 754. The molecule has 2 aromatic carbocycles. The molecular formula is C15H11ClN4O2. The van der Waals surface area contributed by atoms with Crippen molar-refractivity contribution in [3.63, 3.8) is 0 Å². The molecule has 1 heterocycles. The van der Waals surface area contributed by atoms with Crippen LogP contribution in [0.15, 0.2) is 58.8 Å². The number of benzene rings is 2. The van der Waals surface area contributed by atoms with E-state index in [2.05, 4.69) is 15.2 Å². The summed E-state index contributed by atoms with van der Waals surface area (Å²) in [6.07, 6.45) is 0. The van der Waals surface area contributed by atoms with Crippen molar-refractivity contribution in [1.82, 2.24) is 0 Å². The van der Waals surface area contributed by atoms with Gasteiger partial charge in [-0.25, -0.2) is 0 Å². The number of azide groups is 1. The molecule has 0 amide bonds. The van der Waals surface area contributed by atoms with Gasteiger partial charge in [0.1, 0.15) is 24.1 Å². The van der Waals surface area contributed by atoms with Gasteiger partial charge in [0.25, 0.3) is 0 Å². The predicted octanol–water partition coefficient (Wildman–Crippen LogP) is 4.55. The minimum Gasteiger partial charge on any atom is -0.457 e. The minimum absolute atomic E-state index is 0.252. The van der Waals surface area contributed by atoms with Gasteiger partial charge in [-0.15, -0.1) is 0 Å². The van der Waals surface area contributed by atoms with E-state index in [1.54, 1.807) is 24.3 Å². The number of oxime groups is 1. The highest BCUT2D eigenvalue weighted by Gasteiger charge is 2.23. The number of ether oxygens (including phenoxy) is 1. The molecule has 0 aliphatic carbocycles. The first-order chi connectivity index (χ1) is 10.8. The van der Waals surface area contributed by atoms with Crippen LogP contribution in [0.2, 0.25) is 5.02 Å². The molecule has 0 fully saturated rings. The summed E-state index contributed by atoms with van der Waals surface area (Å²) in [4.78, 5) is 7.83. The fourth-order valence-electron chi connectivity index (χ4n) is 2.07. The van der Waals surface area contributed by atoms with Crippen LogP contribution in [-0.4, -0.2) is 18.4 Å². The van der Waals surface area contributed by atoms with E-state index in [-0.39, 0.29) is 6.61 Å². The van der Waals surface area contributed by atoms with E-state index >= 15 is 0 Å². The van der Waals surface area contributed by atoms with E-state index in [0.29, 0.717) is 22.2 Å². The topological polar surface area (TPSA) is 79.6 Å². The number of hydrogen-bond donors (Lipinski definition) is 0. The molecule has 0 saturated heterocycles. The molecule has 110 valence electrons. The lowest BCUT2D eigenvalue weighted by Gasteiger charge is -2.08. The first-order valence-electron chi connectivity index (χ1n) is 6.54. The third-order valence-corrected chi connectivity index (χ3v) is 3.33. The summed E-state index contributed by atoms with van der Waals surface area (Å²) in [6.45, 7) is 0.252. The van der Waals surface area contributed by atoms with E-state index in [4.69, 9.17) is 26.7 Å². The Labute approximate surface area is 131 Å². The summed E-state index contributed by atoms with van der Waals surface area (Å²) >= 11 is 5.85. The van der Waals surface area contributed by atoms with Gasteiger partial charge in [0, 0.05) is 15.5 Å². The minimum atomic E-state index is -0.421. The molecule has 0 saturated carbocycles. The third kappa shape index (κ3) is 3.14. The van der Waals surface area contributed by atoms with Crippen LogP contribution >= 0.6 is 11.6 Å². The zero-order valence-corrected chi connectivity index (χ0v) is 12.1. The van der Waals surface area contributed by atoms with Gasteiger partial charge in [-0.1, -0.05) is 34.0 Å². The van der Waals surface area contributed by atoms with Crippen LogP contribution in [0.3, 0.4) is 0 Å². The highest BCUT2D eigenvalue weighted by Crippen LogP contribution is 2.25. The third-order valence-electron chi connectivity index (χ3n) is 3.08. The lowest BCUT2D eigenvalue weighted by atomic mass is 10.0. The van der Waals surface area contributed by atoms with Crippen LogP contribution in [0.25, 0.3) is 10.4 Å². The van der Waals surface area contributed by atoms with E-state index in [1.165, 1.54) is 0 Å². The van der Waals surface area contributed by atoms with Crippen molar-refractivity contribution in [2.45, 2.75) is 6.04 Å². The maximum absolute atomic E-state index is 8.58. The van der Waals surface area contributed by atoms with Crippen molar-refractivity contribution in [3.05, 3.63) is 69.6 Å². The number of halogens is 1. The van der Waals surface area contributed by atoms with Gasteiger partial charge in [-0.2, -0.15) is 0 Å². The second kappa shape index (κ2) is 6.39. The Morgan fingerprint density at radius 1 is 1.23 bits per heavy atom. The maximum atomic E-state index is 8.58. The van der Waals surface area contributed by atoms with Gasteiger partial charge in [0.15, 0.2) is 0 Å². The summed E-state index contributed by atoms with van der Waals surface area (Å²) in [5, 5.41) is 8.27. The van der Waals surface area contributed by atoms with E-state index in [0.717, 1.165) is 5.56 Å². The molecule has 0 spiro atoms. The van der Waals surface area contributed by atoms with Crippen LogP contribution < -0.4 is 4.74 Å². The molecule has 2 aromatic rings. The van der Waals surface area contributed by atoms with Gasteiger partial charge in [-0.05, 0) is 41.9 Å². The van der Waals surface area contributed by atoms with Crippen LogP contribution in [0.1, 0.15) is 5.56 Å². The van der Waals surface area contributed by atoms with Gasteiger partial charge < -0.3 is 9.57 Å². The van der Waals surface area contributed by atoms with Gasteiger partial charge in [-0.3, -0.25) is 0 Å². The fourth-order valence-corrected chi connectivity index (χ4v) is 2.20. The quantitative estimate of drug-likeness (QED) is 0.471. The standard InChI is InChI=1S/C15H11ClN4O2/c16-11-4-6-12(7-5-11)22-13-3-1-2-10(8-13)15-14(18-20-17)9-21-19-15/h1-8,14H,9H2. The van der Waals surface area contributed by atoms with Gasteiger partial charge in [0.2, 0.25) is 0 Å². The molecule has 3 rings (SSSR count). The largest absolute Gasteiger partial charge is 0.457 e. The van der Waals surface area contributed by atoms with Crippen LogP contribution in [0, 0.1) is 0 Å². The molecule has 0 N–H and O–H groups in total. The SMILES string of the molecule is [N-]=[N+]=NC1CON=C1c1cccc(Oc2ccc(Cl)cc2)c1. The summed E-state index contributed by atoms with van der Waals surface area (Å²) in [5.41, 5.74) is 9.97. The Balaban J connectivity index is 1.83. The van der Waals surface area contributed by atoms with Crippen molar-refractivity contribution in [1.29, 1.82) is 0 Å².